The molecule has 0 spiro atoms. The zero-order valence-electron chi connectivity index (χ0n) is 12.6. The van der Waals surface area contributed by atoms with Crippen molar-refractivity contribution in [3.63, 3.8) is 0 Å². The molecule has 1 aliphatic heterocycles. The minimum Gasteiger partial charge on any atom is -0.368 e. The summed E-state index contributed by atoms with van der Waals surface area (Å²) in [4.78, 5) is 17.0. The maximum absolute atomic E-state index is 12.4. The number of nitrogens with one attached hydrogen (secondary N) is 2. The Morgan fingerprint density at radius 1 is 1.45 bits per heavy atom. The van der Waals surface area contributed by atoms with Crippen molar-refractivity contribution in [3.05, 3.63) is 16.1 Å². The SMILES string of the molecule is COC1(C(=O)NCc2nc(C3CC3)cs2)CCNCC1.Cl.Cl. The molecular formula is C14H23Cl2N3O2S. The first-order valence-corrected chi connectivity index (χ1v) is 8.10. The van der Waals surface area contributed by atoms with E-state index in [1.54, 1.807) is 18.4 Å². The van der Waals surface area contributed by atoms with E-state index in [0.717, 1.165) is 30.9 Å². The van der Waals surface area contributed by atoms with Crippen LogP contribution < -0.4 is 10.6 Å². The monoisotopic (exact) mass is 367 g/mol. The van der Waals surface area contributed by atoms with Crippen molar-refractivity contribution >= 4 is 42.1 Å². The van der Waals surface area contributed by atoms with Crippen molar-refractivity contribution in [3.8, 4) is 0 Å². The van der Waals surface area contributed by atoms with Gasteiger partial charge in [-0.3, -0.25) is 4.79 Å². The molecule has 0 radical (unpaired) electrons. The van der Waals surface area contributed by atoms with Crippen LogP contribution in [0.2, 0.25) is 0 Å². The Balaban J connectivity index is 0.00000121. The number of carbonyl (C=O) groups excluding carboxylic acids is 1. The summed E-state index contributed by atoms with van der Waals surface area (Å²) in [6.07, 6.45) is 3.96. The molecule has 1 aromatic heterocycles. The number of hydrogen-bond donors (Lipinski definition) is 2. The van der Waals surface area contributed by atoms with Crippen molar-refractivity contribution in [2.75, 3.05) is 20.2 Å². The predicted molar refractivity (Wildman–Crippen MR) is 92.3 cm³/mol. The average molecular weight is 368 g/mol. The molecule has 3 rings (SSSR count). The van der Waals surface area contributed by atoms with Gasteiger partial charge in [-0.05, 0) is 38.8 Å². The third-order valence-corrected chi connectivity index (χ3v) is 5.05. The Bertz CT molecular complexity index is 488. The first kappa shape index (κ1) is 19.6. The smallest absolute Gasteiger partial charge is 0.252 e. The molecule has 0 bridgehead atoms. The lowest BCUT2D eigenvalue weighted by Gasteiger charge is -2.34. The number of hydrogen-bond acceptors (Lipinski definition) is 5. The second kappa shape index (κ2) is 8.45. The molecule has 0 aromatic carbocycles. The first-order valence-electron chi connectivity index (χ1n) is 7.22. The maximum Gasteiger partial charge on any atom is 0.252 e. The van der Waals surface area contributed by atoms with Gasteiger partial charge in [0, 0.05) is 18.4 Å². The van der Waals surface area contributed by atoms with E-state index < -0.39 is 5.60 Å². The highest BCUT2D eigenvalue weighted by Gasteiger charge is 2.39. The number of thiazole rings is 1. The predicted octanol–water partition coefficient (Wildman–Crippen LogP) is 2.25. The summed E-state index contributed by atoms with van der Waals surface area (Å²) in [6, 6.07) is 0. The van der Waals surface area contributed by atoms with Crippen LogP contribution in [0.4, 0.5) is 0 Å². The Morgan fingerprint density at radius 2 is 2.14 bits per heavy atom. The normalized spacial score (nSPS) is 19.7. The Kier molecular flexibility index (Phi) is 7.55. The average Bonchev–Trinajstić information content (AvgIpc) is 3.24. The summed E-state index contributed by atoms with van der Waals surface area (Å²) in [5, 5.41) is 9.35. The van der Waals surface area contributed by atoms with E-state index in [9.17, 15) is 4.79 Å². The zero-order valence-corrected chi connectivity index (χ0v) is 15.0. The molecule has 2 heterocycles. The number of amides is 1. The molecule has 1 aromatic rings. The summed E-state index contributed by atoms with van der Waals surface area (Å²) in [5.41, 5.74) is 0.532. The van der Waals surface area contributed by atoms with Gasteiger partial charge in [-0.25, -0.2) is 4.98 Å². The maximum atomic E-state index is 12.4. The van der Waals surface area contributed by atoms with E-state index >= 15 is 0 Å². The van der Waals surface area contributed by atoms with Gasteiger partial charge in [0.1, 0.15) is 10.6 Å². The molecule has 1 saturated carbocycles. The summed E-state index contributed by atoms with van der Waals surface area (Å²) in [6.45, 7) is 2.16. The number of ether oxygens (including phenoxy) is 1. The summed E-state index contributed by atoms with van der Waals surface area (Å²) in [5.74, 6) is 0.662. The van der Waals surface area contributed by atoms with Crippen molar-refractivity contribution in [1.82, 2.24) is 15.6 Å². The number of aromatic nitrogens is 1. The first-order chi connectivity index (χ1) is 9.73. The van der Waals surface area contributed by atoms with E-state index in [0.29, 0.717) is 12.5 Å². The van der Waals surface area contributed by atoms with Crippen molar-refractivity contribution in [2.45, 2.75) is 43.7 Å². The Hall–Kier alpha value is -0.400. The fourth-order valence-electron chi connectivity index (χ4n) is 2.64. The number of halogens is 2. The van der Waals surface area contributed by atoms with Gasteiger partial charge in [0.05, 0.1) is 12.2 Å². The second-order valence-corrected chi connectivity index (χ2v) is 6.51. The van der Waals surface area contributed by atoms with Crippen LogP contribution in [0.25, 0.3) is 0 Å². The van der Waals surface area contributed by atoms with Crippen LogP contribution in [-0.4, -0.2) is 36.7 Å². The Morgan fingerprint density at radius 3 is 2.73 bits per heavy atom. The molecule has 1 amide bonds. The quantitative estimate of drug-likeness (QED) is 0.837. The van der Waals surface area contributed by atoms with E-state index in [-0.39, 0.29) is 30.7 Å². The van der Waals surface area contributed by atoms with Crippen LogP contribution in [0.5, 0.6) is 0 Å². The molecular weight excluding hydrogens is 345 g/mol. The van der Waals surface area contributed by atoms with Crippen LogP contribution in [0.15, 0.2) is 5.38 Å². The van der Waals surface area contributed by atoms with Crippen molar-refractivity contribution < 1.29 is 9.53 Å². The van der Waals surface area contributed by atoms with Crippen molar-refractivity contribution in [1.29, 1.82) is 0 Å². The van der Waals surface area contributed by atoms with Crippen LogP contribution in [0.1, 0.15) is 42.3 Å². The van der Waals surface area contributed by atoms with E-state index in [4.69, 9.17) is 4.74 Å². The molecule has 2 N–H and O–H groups in total. The summed E-state index contributed by atoms with van der Waals surface area (Å²) in [7, 11) is 1.62. The van der Waals surface area contributed by atoms with Crippen LogP contribution in [0.3, 0.4) is 0 Å². The topological polar surface area (TPSA) is 63.2 Å². The zero-order chi connectivity index (χ0) is 14.0. The number of methoxy groups -OCH3 is 1. The highest BCUT2D eigenvalue weighted by Crippen LogP contribution is 2.40. The lowest BCUT2D eigenvalue weighted by Crippen LogP contribution is -2.53. The molecule has 1 saturated heterocycles. The molecule has 1 aliphatic carbocycles. The fraction of sp³-hybridized carbons (Fsp3) is 0.714. The van der Waals surface area contributed by atoms with Gasteiger partial charge in [-0.1, -0.05) is 0 Å². The van der Waals surface area contributed by atoms with Crippen LogP contribution in [-0.2, 0) is 16.1 Å². The van der Waals surface area contributed by atoms with Gasteiger partial charge >= 0.3 is 0 Å². The van der Waals surface area contributed by atoms with Gasteiger partial charge in [-0.2, -0.15) is 0 Å². The number of carbonyl (C=O) groups is 1. The lowest BCUT2D eigenvalue weighted by atomic mass is 9.91. The van der Waals surface area contributed by atoms with E-state index in [1.807, 2.05) is 0 Å². The van der Waals surface area contributed by atoms with E-state index in [2.05, 4.69) is 21.0 Å². The van der Waals surface area contributed by atoms with Crippen molar-refractivity contribution in [2.24, 2.45) is 0 Å². The molecule has 0 atom stereocenters. The molecule has 2 aliphatic rings. The minimum atomic E-state index is -0.665. The highest BCUT2D eigenvalue weighted by molar-refractivity contribution is 7.09. The number of rotatable bonds is 5. The molecule has 0 unspecified atom stereocenters. The fourth-order valence-corrected chi connectivity index (χ4v) is 3.46. The van der Waals surface area contributed by atoms with Crippen LogP contribution in [0, 0.1) is 0 Å². The van der Waals surface area contributed by atoms with Gasteiger partial charge in [0.15, 0.2) is 0 Å². The van der Waals surface area contributed by atoms with Gasteiger partial charge in [0.2, 0.25) is 0 Å². The standard InChI is InChI=1S/C14H21N3O2S.2ClH/c1-19-14(4-6-15-7-5-14)13(18)16-8-12-17-11(9-20-12)10-2-3-10;;/h9-10,15H,2-8H2,1H3,(H,16,18);2*1H. The van der Waals surface area contributed by atoms with Gasteiger partial charge < -0.3 is 15.4 Å². The summed E-state index contributed by atoms with van der Waals surface area (Å²) < 4.78 is 5.51. The van der Waals surface area contributed by atoms with Gasteiger partial charge in [-0.15, -0.1) is 36.2 Å². The minimum absolute atomic E-state index is 0. The molecule has 5 nitrogen and oxygen atoms in total. The number of nitrogens with zero attached hydrogens (tertiary/aromatic N) is 1. The van der Waals surface area contributed by atoms with Crippen LogP contribution >= 0.6 is 36.2 Å². The molecule has 2 fully saturated rings. The third-order valence-electron chi connectivity index (χ3n) is 4.18. The van der Waals surface area contributed by atoms with E-state index in [1.165, 1.54) is 18.5 Å². The second-order valence-electron chi connectivity index (χ2n) is 5.57. The molecule has 8 heteroatoms. The molecule has 22 heavy (non-hydrogen) atoms. The third kappa shape index (κ3) is 4.32. The Labute approximate surface area is 147 Å². The summed E-state index contributed by atoms with van der Waals surface area (Å²) >= 11 is 1.63. The van der Waals surface area contributed by atoms with Gasteiger partial charge in [0.25, 0.3) is 5.91 Å². The number of piperidine rings is 1. The molecule has 126 valence electrons. The largest absolute Gasteiger partial charge is 0.368 e. The highest BCUT2D eigenvalue weighted by atomic mass is 35.5. The lowest BCUT2D eigenvalue weighted by molar-refractivity contribution is -0.146.